The van der Waals surface area contributed by atoms with Crippen molar-refractivity contribution in [2.45, 2.75) is 38.7 Å². The topological polar surface area (TPSA) is 32.8 Å². The van der Waals surface area contributed by atoms with E-state index in [0.717, 1.165) is 45.6 Å². The quantitative estimate of drug-likeness (QED) is 0.726. The Morgan fingerprint density at radius 2 is 1.90 bits per heavy atom. The third-order valence-corrected chi connectivity index (χ3v) is 7.33. The zero-order valence-electron chi connectivity index (χ0n) is 12.9. The van der Waals surface area contributed by atoms with Crippen molar-refractivity contribution in [1.29, 1.82) is 0 Å². The van der Waals surface area contributed by atoms with Crippen LogP contribution >= 0.6 is 0 Å². The molecule has 4 aliphatic rings. The summed E-state index contributed by atoms with van der Waals surface area (Å²) in [4.78, 5) is 17.6. The molecule has 4 rings (SSSR count). The summed E-state index contributed by atoms with van der Waals surface area (Å²) in [6.07, 6.45) is 3.41. The summed E-state index contributed by atoms with van der Waals surface area (Å²) in [5.74, 6) is 0.983. The number of hydrogen-bond acceptors (Lipinski definition) is 3. The highest BCUT2D eigenvalue weighted by molar-refractivity contribution is 5.88. The fourth-order valence-corrected chi connectivity index (χ4v) is 5.50. The Kier molecular flexibility index (Phi) is 2.47. The third kappa shape index (κ3) is 1.24. The first-order valence-corrected chi connectivity index (χ1v) is 8.05. The molecule has 112 valence electrons. The van der Waals surface area contributed by atoms with Gasteiger partial charge in [-0.05, 0) is 32.2 Å². The molecule has 4 nitrogen and oxygen atoms in total. The normalized spacial score (nSPS) is 51.0. The van der Waals surface area contributed by atoms with Gasteiger partial charge in [0.15, 0.2) is 5.60 Å². The highest BCUT2D eigenvalue weighted by atomic mass is 16.5. The zero-order valence-corrected chi connectivity index (χ0v) is 12.9. The molecule has 20 heavy (non-hydrogen) atoms. The summed E-state index contributed by atoms with van der Waals surface area (Å²) >= 11 is 0. The molecular weight excluding hydrogens is 252 g/mol. The van der Waals surface area contributed by atoms with Crippen LogP contribution in [0.2, 0.25) is 0 Å². The summed E-state index contributed by atoms with van der Waals surface area (Å²) in [7, 11) is 2.13. The van der Waals surface area contributed by atoms with Crippen LogP contribution in [0.5, 0.6) is 0 Å². The number of carbonyl (C=O) groups excluding carboxylic acids is 1. The fourth-order valence-electron chi connectivity index (χ4n) is 5.50. The van der Waals surface area contributed by atoms with Crippen LogP contribution in [0.25, 0.3) is 0 Å². The molecule has 2 saturated carbocycles. The van der Waals surface area contributed by atoms with Gasteiger partial charge >= 0.3 is 0 Å². The number of piperazine rings is 1. The van der Waals surface area contributed by atoms with Gasteiger partial charge in [0.25, 0.3) is 5.91 Å². The molecule has 1 amide bonds. The maximum Gasteiger partial charge on any atom is 0.255 e. The summed E-state index contributed by atoms with van der Waals surface area (Å²) in [5.41, 5.74) is -0.207. The van der Waals surface area contributed by atoms with Gasteiger partial charge in [0.1, 0.15) is 0 Å². The van der Waals surface area contributed by atoms with E-state index >= 15 is 0 Å². The molecule has 0 radical (unpaired) electrons. The van der Waals surface area contributed by atoms with Crippen LogP contribution in [0, 0.1) is 16.7 Å². The molecule has 0 N–H and O–H groups in total. The highest BCUT2D eigenvalue weighted by Gasteiger charge is 2.78. The fraction of sp³-hybridized carbons (Fsp3) is 0.938. The summed E-state index contributed by atoms with van der Waals surface area (Å²) < 4.78 is 6.22. The van der Waals surface area contributed by atoms with Crippen molar-refractivity contribution < 1.29 is 9.53 Å². The number of nitrogens with zero attached hydrogens (tertiary/aromatic N) is 2. The van der Waals surface area contributed by atoms with Crippen LogP contribution < -0.4 is 0 Å². The Morgan fingerprint density at radius 1 is 1.20 bits per heavy atom. The molecule has 0 unspecified atom stereocenters. The van der Waals surface area contributed by atoms with Crippen LogP contribution in [0.15, 0.2) is 0 Å². The average Bonchev–Trinajstić information content (AvgIpc) is 2.91. The lowest BCUT2D eigenvalue weighted by molar-refractivity contribution is -0.168. The number of carbonyl (C=O) groups is 1. The molecule has 4 bridgehead atoms. The van der Waals surface area contributed by atoms with Crippen molar-refractivity contribution in [2.24, 2.45) is 16.7 Å². The molecule has 4 heteroatoms. The van der Waals surface area contributed by atoms with Crippen LogP contribution in [0.3, 0.4) is 0 Å². The van der Waals surface area contributed by atoms with Gasteiger partial charge in [-0.1, -0.05) is 13.8 Å². The van der Waals surface area contributed by atoms with Crippen molar-refractivity contribution in [3.63, 3.8) is 0 Å². The SMILES string of the molecule is CN1CCN(C(=O)[C@@]23C[C@@H]4CC[C@@]2(C)[C@@]4(C)CO3)CC1. The zero-order chi connectivity index (χ0) is 14.2. The number of hydrogen-bond donors (Lipinski definition) is 0. The van der Waals surface area contributed by atoms with E-state index in [1.165, 1.54) is 6.42 Å². The van der Waals surface area contributed by atoms with Crippen molar-refractivity contribution >= 4 is 5.91 Å². The molecule has 2 aliphatic heterocycles. The van der Waals surface area contributed by atoms with Gasteiger partial charge in [0, 0.05) is 37.0 Å². The minimum atomic E-state index is -0.499. The predicted octanol–water partition coefficient (Wildman–Crippen LogP) is 1.36. The predicted molar refractivity (Wildman–Crippen MR) is 76.3 cm³/mol. The molecule has 2 heterocycles. The van der Waals surface area contributed by atoms with E-state index < -0.39 is 5.60 Å². The van der Waals surface area contributed by atoms with E-state index in [4.69, 9.17) is 4.74 Å². The number of ether oxygens (including phenoxy) is 1. The van der Waals surface area contributed by atoms with E-state index in [2.05, 4.69) is 30.7 Å². The maximum absolute atomic E-state index is 13.2. The first-order chi connectivity index (χ1) is 9.43. The van der Waals surface area contributed by atoms with Crippen molar-refractivity contribution in [3.8, 4) is 0 Å². The number of amides is 1. The van der Waals surface area contributed by atoms with E-state index in [9.17, 15) is 4.79 Å². The van der Waals surface area contributed by atoms with E-state index in [1.54, 1.807) is 0 Å². The number of rotatable bonds is 1. The molecule has 0 aromatic heterocycles. The second-order valence-electron chi connectivity index (χ2n) is 7.90. The maximum atomic E-state index is 13.2. The van der Waals surface area contributed by atoms with Gasteiger partial charge in [-0.15, -0.1) is 0 Å². The van der Waals surface area contributed by atoms with Gasteiger partial charge in [-0.2, -0.15) is 0 Å². The monoisotopic (exact) mass is 278 g/mol. The van der Waals surface area contributed by atoms with Crippen molar-refractivity contribution in [3.05, 3.63) is 0 Å². The molecule has 0 aromatic carbocycles. The van der Waals surface area contributed by atoms with E-state index in [0.29, 0.717) is 11.8 Å². The number of likely N-dealkylation sites (N-methyl/N-ethyl adjacent to an activating group) is 1. The Bertz CT molecular complexity index is 459. The molecule has 0 spiro atoms. The molecule has 2 aliphatic carbocycles. The summed E-state index contributed by atoms with van der Waals surface area (Å²) in [6.45, 7) is 9.15. The molecule has 4 fully saturated rings. The Morgan fingerprint density at radius 3 is 2.50 bits per heavy atom. The van der Waals surface area contributed by atoms with Crippen LogP contribution in [-0.2, 0) is 9.53 Å². The van der Waals surface area contributed by atoms with Gasteiger partial charge in [0.05, 0.1) is 6.61 Å². The summed E-state index contributed by atoms with van der Waals surface area (Å²) in [5, 5.41) is 0. The molecular formula is C16H26N2O2. The largest absolute Gasteiger partial charge is 0.364 e. The standard InChI is InChI=1S/C16H26N2O2/c1-14-11-20-16(10-12(14)4-5-15(14,16)2)13(19)18-8-6-17(3)7-9-18/h12H,4-11H2,1-3H3/t12-,14-,15-,16-/m0/s1. The minimum absolute atomic E-state index is 0.0606. The Labute approximate surface area is 121 Å². The lowest BCUT2D eigenvalue weighted by atomic mass is 9.66. The summed E-state index contributed by atoms with van der Waals surface area (Å²) in [6, 6.07) is 0. The second-order valence-corrected chi connectivity index (χ2v) is 7.90. The first-order valence-electron chi connectivity index (χ1n) is 8.05. The van der Waals surface area contributed by atoms with E-state index in [-0.39, 0.29) is 10.8 Å². The smallest absolute Gasteiger partial charge is 0.255 e. The van der Waals surface area contributed by atoms with Crippen LogP contribution in [0.1, 0.15) is 33.1 Å². The Balaban J connectivity index is 1.64. The molecule has 0 aromatic rings. The molecule has 4 atom stereocenters. The Hall–Kier alpha value is -0.610. The minimum Gasteiger partial charge on any atom is -0.364 e. The lowest BCUT2D eigenvalue weighted by Crippen LogP contribution is -2.59. The van der Waals surface area contributed by atoms with Gasteiger partial charge in [-0.25, -0.2) is 0 Å². The van der Waals surface area contributed by atoms with Gasteiger partial charge in [-0.3, -0.25) is 4.79 Å². The highest BCUT2D eigenvalue weighted by Crippen LogP contribution is 2.75. The van der Waals surface area contributed by atoms with Crippen LogP contribution in [0.4, 0.5) is 0 Å². The second kappa shape index (κ2) is 3.77. The van der Waals surface area contributed by atoms with Crippen molar-refractivity contribution in [1.82, 2.24) is 9.80 Å². The van der Waals surface area contributed by atoms with Crippen molar-refractivity contribution in [2.75, 3.05) is 39.8 Å². The van der Waals surface area contributed by atoms with Crippen LogP contribution in [-0.4, -0.2) is 61.1 Å². The van der Waals surface area contributed by atoms with E-state index in [1.807, 2.05) is 0 Å². The van der Waals surface area contributed by atoms with Gasteiger partial charge in [0.2, 0.25) is 0 Å². The average molecular weight is 278 g/mol. The lowest BCUT2D eigenvalue weighted by Gasteiger charge is -2.44. The third-order valence-electron chi connectivity index (χ3n) is 7.33. The first kappa shape index (κ1) is 13.1. The van der Waals surface area contributed by atoms with Gasteiger partial charge < -0.3 is 14.5 Å². The molecule has 2 saturated heterocycles.